The molecular formula is C8H11N3O4S2. The molecule has 7 nitrogen and oxygen atoms in total. The zero-order valence-corrected chi connectivity index (χ0v) is 10.5. The number of anilines is 1. The maximum Gasteiger partial charge on any atom is 0.345 e. The minimum Gasteiger partial charge on any atom is -0.361 e. The molecule has 17 heavy (non-hydrogen) atoms. The van der Waals surface area contributed by atoms with Crippen molar-refractivity contribution in [3.05, 3.63) is 16.3 Å². The second-order valence-electron chi connectivity index (χ2n) is 3.91. The minimum atomic E-state index is -2.87. The summed E-state index contributed by atoms with van der Waals surface area (Å²) in [6, 6.07) is 0. The third-order valence-corrected chi connectivity index (χ3v) is 5.29. The number of hydrogen-bond acceptors (Lipinski definition) is 7. The van der Waals surface area contributed by atoms with Gasteiger partial charge in [-0.2, -0.15) is 0 Å². The summed E-state index contributed by atoms with van der Waals surface area (Å²) in [6.07, 6.45) is 1.83. The Morgan fingerprint density at radius 3 is 2.94 bits per heavy atom. The molecule has 0 aliphatic carbocycles. The van der Waals surface area contributed by atoms with Crippen LogP contribution in [-0.4, -0.2) is 36.4 Å². The van der Waals surface area contributed by atoms with Crippen LogP contribution < -0.4 is 5.32 Å². The third kappa shape index (κ3) is 3.13. The van der Waals surface area contributed by atoms with E-state index in [1.807, 2.05) is 0 Å². The number of aromatic nitrogens is 1. The molecule has 0 aromatic carbocycles. The van der Waals surface area contributed by atoms with Crippen LogP contribution in [0.3, 0.4) is 0 Å². The Hall–Kier alpha value is -1.22. The Morgan fingerprint density at radius 1 is 1.65 bits per heavy atom. The highest BCUT2D eigenvalue weighted by molar-refractivity contribution is 7.91. The molecule has 1 N–H and O–H groups in total. The first-order chi connectivity index (χ1) is 7.96. The highest BCUT2D eigenvalue weighted by Gasteiger charge is 2.27. The lowest BCUT2D eigenvalue weighted by Gasteiger charge is -2.07. The quantitative estimate of drug-likeness (QED) is 0.648. The van der Waals surface area contributed by atoms with Crippen molar-refractivity contribution in [1.29, 1.82) is 0 Å². The molecule has 1 saturated heterocycles. The summed E-state index contributed by atoms with van der Waals surface area (Å²) < 4.78 is 22.4. The van der Waals surface area contributed by atoms with Gasteiger partial charge in [0.05, 0.1) is 16.4 Å². The number of hydrogen-bond donors (Lipinski definition) is 1. The van der Waals surface area contributed by atoms with Crippen LogP contribution in [0.2, 0.25) is 0 Å². The number of rotatable bonds is 4. The molecule has 2 rings (SSSR count). The van der Waals surface area contributed by atoms with E-state index in [0.29, 0.717) is 18.1 Å². The number of nitrogens with zero attached hydrogens (tertiary/aromatic N) is 2. The number of thiazole rings is 1. The van der Waals surface area contributed by atoms with Crippen molar-refractivity contribution in [1.82, 2.24) is 4.98 Å². The van der Waals surface area contributed by atoms with Gasteiger partial charge < -0.3 is 5.32 Å². The predicted molar refractivity (Wildman–Crippen MR) is 64.0 cm³/mol. The van der Waals surface area contributed by atoms with E-state index in [2.05, 4.69) is 10.3 Å². The Morgan fingerprint density at radius 2 is 2.41 bits per heavy atom. The van der Waals surface area contributed by atoms with E-state index in [1.54, 1.807) is 0 Å². The van der Waals surface area contributed by atoms with Gasteiger partial charge in [0.25, 0.3) is 0 Å². The van der Waals surface area contributed by atoms with E-state index in [1.165, 1.54) is 6.20 Å². The van der Waals surface area contributed by atoms with Gasteiger partial charge in [-0.05, 0) is 23.7 Å². The molecule has 0 bridgehead atoms. The molecular weight excluding hydrogens is 266 g/mol. The monoisotopic (exact) mass is 277 g/mol. The highest BCUT2D eigenvalue weighted by Crippen LogP contribution is 2.26. The summed E-state index contributed by atoms with van der Waals surface area (Å²) in [5.41, 5.74) is 0. The molecule has 1 atom stereocenters. The van der Waals surface area contributed by atoms with Gasteiger partial charge in [0, 0.05) is 6.54 Å². The molecule has 0 spiro atoms. The van der Waals surface area contributed by atoms with E-state index in [9.17, 15) is 18.5 Å². The van der Waals surface area contributed by atoms with Gasteiger partial charge in [0.15, 0.2) is 15.0 Å². The first-order valence-electron chi connectivity index (χ1n) is 5.01. The first kappa shape index (κ1) is 12.2. The van der Waals surface area contributed by atoms with E-state index < -0.39 is 14.8 Å². The maximum absolute atomic E-state index is 11.2. The largest absolute Gasteiger partial charge is 0.361 e. The molecule has 0 amide bonds. The van der Waals surface area contributed by atoms with Crippen LogP contribution in [0.1, 0.15) is 6.42 Å². The predicted octanol–water partition coefficient (Wildman–Crippen LogP) is 0.898. The third-order valence-electron chi connectivity index (χ3n) is 2.54. The number of nitro groups is 1. The average molecular weight is 277 g/mol. The lowest BCUT2D eigenvalue weighted by molar-refractivity contribution is -0.380. The second-order valence-corrected chi connectivity index (χ2v) is 7.15. The highest BCUT2D eigenvalue weighted by atomic mass is 32.2. The lowest BCUT2D eigenvalue weighted by Crippen LogP contribution is -2.15. The molecule has 2 heterocycles. The molecule has 1 aliphatic rings. The Balaban J connectivity index is 1.88. The zero-order chi connectivity index (χ0) is 12.5. The molecule has 1 aliphatic heterocycles. The molecule has 0 radical (unpaired) electrons. The molecule has 1 aromatic rings. The molecule has 1 aromatic heterocycles. The minimum absolute atomic E-state index is 0.0217. The van der Waals surface area contributed by atoms with E-state index in [4.69, 9.17) is 0 Å². The normalized spacial score (nSPS) is 22.5. The van der Waals surface area contributed by atoms with Crippen LogP contribution in [0.25, 0.3) is 0 Å². The van der Waals surface area contributed by atoms with Gasteiger partial charge in [-0.3, -0.25) is 10.1 Å². The van der Waals surface area contributed by atoms with Crippen LogP contribution >= 0.6 is 11.3 Å². The first-order valence-corrected chi connectivity index (χ1v) is 7.64. The standard InChI is InChI=1S/C8H11N3O4S2/c12-11(13)7-4-10-8(16-7)9-3-6-1-2-17(14,15)5-6/h4,6H,1-3,5H2,(H,9,10). The van der Waals surface area contributed by atoms with Crippen LogP contribution in [0.5, 0.6) is 0 Å². The molecule has 94 valence electrons. The van der Waals surface area contributed by atoms with Crippen LogP contribution in [-0.2, 0) is 9.84 Å². The van der Waals surface area contributed by atoms with Crippen LogP contribution in [0, 0.1) is 16.0 Å². The van der Waals surface area contributed by atoms with Crippen molar-refractivity contribution in [3.63, 3.8) is 0 Å². The SMILES string of the molecule is O=[N+]([O-])c1cnc(NCC2CCS(=O)(=O)C2)s1. The summed E-state index contributed by atoms with van der Waals surface area (Å²) in [5.74, 6) is 0.494. The van der Waals surface area contributed by atoms with Gasteiger partial charge in [-0.1, -0.05) is 0 Å². The summed E-state index contributed by atoms with van der Waals surface area (Å²) >= 11 is 0.953. The van der Waals surface area contributed by atoms with E-state index >= 15 is 0 Å². The maximum atomic E-state index is 11.2. The average Bonchev–Trinajstić information content (AvgIpc) is 2.81. The van der Waals surface area contributed by atoms with Crippen LogP contribution in [0.15, 0.2) is 6.20 Å². The summed E-state index contributed by atoms with van der Waals surface area (Å²) in [5, 5.41) is 13.8. The summed E-state index contributed by atoms with van der Waals surface area (Å²) in [7, 11) is -2.87. The van der Waals surface area contributed by atoms with Crippen LogP contribution in [0.4, 0.5) is 10.1 Å². The van der Waals surface area contributed by atoms with Gasteiger partial charge in [-0.25, -0.2) is 13.4 Å². The van der Waals surface area contributed by atoms with Crippen molar-refractivity contribution in [2.45, 2.75) is 6.42 Å². The molecule has 1 fully saturated rings. The van der Waals surface area contributed by atoms with Crippen molar-refractivity contribution in [2.24, 2.45) is 5.92 Å². The van der Waals surface area contributed by atoms with Crippen molar-refractivity contribution in [2.75, 3.05) is 23.4 Å². The topological polar surface area (TPSA) is 102 Å². The second kappa shape index (κ2) is 4.57. The van der Waals surface area contributed by atoms with Crippen molar-refractivity contribution >= 4 is 31.3 Å². The Kier molecular flexibility index (Phi) is 3.29. The lowest BCUT2D eigenvalue weighted by atomic mass is 10.1. The number of sulfone groups is 1. The fourth-order valence-corrected chi connectivity index (χ4v) is 4.20. The van der Waals surface area contributed by atoms with Crippen molar-refractivity contribution < 1.29 is 13.3 Å². The fourth-order valence-electron chi connectivity index (χ4n) is 1.70. The van der Waals surface area contributed by atoms with Gasteiger partial charge in [-0.15, -0.1) is 0 Å². The fraction of sp³-hybridized carbons (Fsp3) is 0.625. The molecule has 1 unspecified atom stereocenters. The van der Waals surface area contributed by atoms with Gasteiger partial charge >= 0.3 is 5.00 Å². The van der Waals surface area contributed by atoms with Gasteiger partial charge in [0.2, 0.25) is 0 Å². The smallest absolute Gasteiger partial charge is 0.345 e. The zero-order valence-electron chi connectivity index (χ0n) is 8.83. The Labute approximate surface area is 102 Å². The molecule has 9 heteroatoms. The Bertz CT molecular complexity index is 525. The van der Waals surface area contributed by atoms with E-state index in [0.717, 1.165) is 11.3 Å². The van der Waals surface area contributed by atoms with E-state index in [-0.39, 0.29) is 22.4 Å². The summed E-state index contributed by atoms with van der Waals surface area (Å²) in [4.78, 5) is 13.8. The molecule has 0 saturated carbocycles. The number of nitrogens with one attached hydrogen (secondary N) is 1. The summed E-state index contributed by atoms with van der Waals surface area (Å²) in [6.45, 7) is 0.490. The van der Waals surface area contributed by atoms with Crippen molar-refractivity contribution in [3.8, 4) is 0 Å². The van der Waals surface area contributed by atoms with Gasteiger partial charge in [0.1, 0.15) is 6.20 Å².